The maximum atomic E-state index is 12.1. The topological polar surface area (TPSA) is 29.1 Å². The fraction of sp³-hybridized carbons (Fsp3) is 0.562. The predicted molar refractivity (Wildman–Crippen MR) is 79.7 cm³/mol. The first-order chi connectivity index (χ1) is 9.04. The Labute approximate surface area is 120 Å². The van der Waals surface area contributed by atoms with Gasteiger partial charge in [0.1, 0.15) is 0 Å². The molecule has 1 amide bonds. The van der Waals surface area contributed by atoms with Crippen LogP contribution in [-0.2, 0) is 11.2 Å². The monoisotopic (exact) mass is 279 g/mol. The zero-order valence-corrected chi connectivity index (χ0v) is 12.5. The number of rotatable bonds is 3. The molecule has 0 saturated heterocycles. The van der Waals surface area contributed by atoms with E-state index in [1.165, 1.54) is 11.1 Å². The van der Waals surface area contributed by atoms with Crippen LogP contribution in [0.2, 0.25) is 0 Å². The molecule has 0 atom stereocenters. The van der Waals surface area contributed by atoms with Gasteiger partial charge in [-0.05, 0) is 50.7 Å². The first-order valence-corrected chi connectivity index (χ1v) is 7.48. The van der Waals surface area contributed by atoms with E-state index in [2.05, 4.69) is 37.4 Å². The standard InChI is InChI=1S/C16H22ClNO/c1-11-3-4-12(2)13(9-11)10-16(19)18-15-7-5-14(17)6-8-15/h3-4,9,14-15H,5-8,10H2,1-2H3,(H,18,19). The first-order valence-electron chi connectivity index (χ1n) is 7.04. The number of hydrogen-bond acceptors (Lipinski definition) is 1. The van der Waals surface area contributed by atoms with E-state index in [4.69, 9.17) is 11.6 Å². The Morgan fingerprint density at radius 2 is 1.95 bits per heavy atom. The number of hydrogen-bond donors (Lipinski definition) is 1. The molecular weight excluding hydrogens is 258 g/mol. The first kappa shape index (κ1) is 14.4. The van der Waals surface area contributed by atoms with Gasteiger partial charge in [0.15, 0.2) is 0 Å². The van der Waals surface area contributed by atoms with Crippen molar-refractivity contribution in [3.05, 3.63) is 34.9 Å². The SMILES string of the molecule is Cc1ccc(C)c(CC(=O)NC2CCC(Cl)CC2)c1. The van der Waals surface area contributed by atoms with Crippen LogP contribution in [0.5, 0.6) is 0 Å². The summed E-state index contributed by atoms with van der Waals surface area (Å²) in [6.07, 6.45) is 4.51. The molecule has 2 nitrogen and oxygen atoms in total. The van der Waals surface area contributed by atoms with Gasteiger partial charge in [0.05, 0.1) is 6.42 Å². The maximum Gasteiger partial charge on any atom is 0.224 e. The third-order valence-electron chi connectivity index (χ3n) is 3.88. The van der Waals surface area contributed by atoms with Crippen molar-refractivity contribution in [3.8, 4) is 0 Å². The van der Waals surface area contributed by atoms with Crippen LogP contribution < -0.4 is 5.32 Å². The van der Waals surface area contributed by atoms with Crippen LogP contribution in [0.3, 0.4) is 0 Å². The zero-order valence-electron chi connectivity index (χ0n) is 11.7. The molecule has 0 spiro atoms. The summed E-state index contributed by atoms with van der Waals surface area (Å²) in [7, 11) is 0. The molecule has 1 aliphatic carbocycles. The van der Waals surface area contributed by atoms with Gasteiger partial charge in [0.2, 0.25) is 5.91 Å². The van der Waals surface area contributed by atoms with Gasteiger partial charge in [-0.25, -0.2) is 0 Å². The van der Waals surface area contributed by atoms with Crippen molar-refractivity contribution < 1.29 is 4.79 Å². The Balaban J connectivity index is 1.89. The molecule has 1 fully saturated rings. The van der Waals surface area contributed by atoms with E-state index in [1.807, 2.05) is 0 Å². The lowest BCUT2D eigenvalue weighted by Crippen LogP contribution is -2.38. The molecule has 2 rings (SSSR count). The molecule has 0 bridgehead atoms. The third-order valence-corrected chi connectivity index (χ3v) is 4.31. The van der Waals surface area contributed by atoms with E-state index in [0.29, 0.717) is 17.8 Å². The molecule has 19 heavy (non-hydrogen) atoms. The van der Waals surface area contributed by atoms with Gasteiger partial charge in [0, 0.05) is 11.4 Å². The molecule has 0 aromatic heterocycles. The van der Waals surface area contributed by atoms with Gasteiger partial charge in [0.25, 0.3) is 0 Å². The van der Waals surface area contributed by atoms with Gasteiger partial charge >= 0.3 is 0 Å². The van der Waals surface area contributed by atoms with Crippen molar-refractivity contribution in [1.29, 1.82) is 0 Å². The zero-order chi connectivity index (χ0) is 13.8. The molecule has 1 aromatic carbocycles. The van der Waals surface area contributed by atoms with E-state index >= 15 is 0 Å². The van der Waals surface area contributed by atoms with Gasteiger partial charge in [-0.2, -0.15) is 0 Å². The van der Waals surface area contributed by atoms with E-state index in [9.17, 15) is 4.79 Å². The highest BCUT2D eigenvalue weighted by molar-refractivity contribution is 6.20. The molecular formula is C16H22ClNO. The molecule has 0 heterocycles. The van der Waals surface area contributed by atoms with Crippen LogP contribution in [0.15, 0.2) is 18.2 Å². The summed E-state index contributed by atoms with van der Waals surface area (Å²) in [5.41, 5.74) is 3.52. The average molecular weight is 280 g/mol. The van der Waals surface area contributed by atoms with Crippen LogP contribution in [0.1, 0.15) is 42.4 Å². The summed E-state index contributed by atoms with van der Waals surface area (Å²) in [6, 6.07) is 6.58. The Bertz CT molecular complexity index is 450. The number of nitrogens with one attached hydrogen (secondary N) is 1. The Morgan fingerprint density at radius 1 is 1.26 bits per heavy atom. The molecule has 1 N–H and O–H groups in total. The summed E-state index contributed by atoms with van der Waals surface area (Å²) in [5.74, 6) is 0.131. The minimum Gasteiger partial charge on any atom is -0.353 e. The van der Waals surface area contributed by atoms with Crippen LogP contribution in [0, 0.1) is 13.8 Å². The van der Waals surface area contributed by atoms with E-state index in [1.54, 1.807) is 0 Å². The highest BCUT2D eigenvalue weighted by atomic mass is 35.5. The highest BCUT2D eigenvalue weighted by Crippen LogP contribution is 2.22. The largest absolute Gasteiger partial charge is 0.353 e. The minimum atomic E-state index is 0.131. The summed E-state index contributed by atoms with van der Waals surface area (Å²) in [6.45, 7) is 4.11. The number of aryl methyl sites for hydroxylation is 2. The number of alkyl halides is 1. The van der Waals surface area contributed by atoms with Crippen LogP contribution in [-0.4, -0.2) is 17.3 Å². The summed E-state index contributed by atoms with van der Waals surface area (Å²) in [5, 5.41) is 3.44. The fourth-order valence-corrected chi connectivity index (χ4v) is 2.89. The van der Waals surface area contributed by atoms with Crippen molar-refractivity contribution >= 4 is 17.5 Å². The number of carbonyl (C=O) groups is 1. The normalized spacial score (nSPS) is 23.1. The predicted octanol–water partition coefficient (Wildman–Crippen LogP) is 3.51. The Morgan fingerprint density at radius 3 is 2.63 bits per heavy atom. The summed E-state index contributed by atoms with van der Waals surface area (Å²) >= 11 is 6.07. The van der Waals surface area contributed by atoms with Crippen LogP contribution in [0.25, 0.3) is 0 Å². The molecule has 0 unspecified atom stereocenters. The van der Waals surface area contributed by atoms with E-state index in [-0.39, 0.29) is 5.91 Å². The quantitative estimate of drug-likeness (QED) is 0.843. The minimum absolute atomic E-state index is 0.131. The molecule has 1 aliphatic rings. The van der Waals surface area contributed by atoms with Crippen molar-refractivity contribution in [2.75, 3.05) is 0 Å². The smallest absolute Gasteiger partial charge is 0.224 e. The van der Waals surface area contributed by atoms with Crippen molar-refractivity contribution in [1.82, 2.24) is 5.32 Å². The molecule has 0 aliphatic heterocycles. The van der Waals surface area contributed by atoms with Crippen LogP contribution in [0.4, 0.5) is 0 Å². The van der Waals surface area contributed by atoms with Crippen molar-refractivity contribution in [3.63, 3.8) is 0 Å². The van der Waals surface area contributed by atoms with Gasteiger partial charge in [-0.15, -0.1) is 11.6 Å². The van der Waals surface area contributed by atoms with Gasteiger partial charge in [-0.1, -0.05) is 23.8 Å². The Hall–Kier alpha value is -1.02. The maximum absolute atomic E-state index is 12.1. The van der Waals surface area contributed by atoms with Gasteiger partial charge < -0.3 is 5.32 Å². The molecule has 1 saturated carbocycles. The fourth-order valence-electron chi connectivity index (χ4n) is 2.64. The van der Waals surface area contributed by atoms with E-state index in [0.717, 1.165) is 31.2 Å². The molecule has 1 aromatic rings. The summed E-state index contributed by atoms with van der Waals surface area (Å²) < 4.78 is 0. The highest BCUT2D eigenvalue weighted by Gasteiger charge is 2.20. The number of halogens is 1. The number of carbonyl (C=O) groups excluding carboxylic acids is 1. The second-order valence-corrected chi connectivity index (χ2v) is 6.24. The van der Waals surface area contributed by atoms with E-state index < -0.39 is 0 Å². The van der Waals surface area contributed by atoms with Crippen molar-refractivity contribution in [2.24, 2.45) is 0 Å². The van der Waals surface area contributed by atoms with Gasteiger partial charge in [-0.3, -0.25) is 4.79 Å². The number of benzene rings is 1. The molecule has 3 heteroatoms. The molecule has 104 valence electrons. The van der Waals surface area contributed by atoms with Crippen molar-refractivity contribution in [2.45, 2.75) is 57.4 Å². The lowest BCUT2D eigenvalue weighted by molar-refractivity contribution is -0.121. The number of amides is 1. The second-order valence-electron chi connectivity index (χ2n) is 5.62. The van der Waals surface area contributed by atoms with Crippen LogP contribution >= 0.6 is 11.6 Å². The third kappa shape index (κ3) is 4.24. The molecule has 0 radical (unpaired) electrons. The Kier molecular flexibility index (Phi) is 4.87. The summed E-state index contributed by atoms with van der Waals surface area (Å²) in [4.78, 5) is 12.1. The lowest BCUT2D eigenvalue weighted by Gasteiger charge is -2.26. The average Bonchev–Trinajstić information content (AvgIpc) is 2.37. The lowest BCUT2D eigenvalue weighted by atomic mass is 9.94. The second kappa shape index (κ2) is 6.42.